The van der Waals surface area contributed by atoms with Gasteiger partial charge in [-0.15, -0.1) is 13.2 Å². The van der Waals surface area contributed by atoms with Crippen LogP contribution in [-0.4, -0.2) is 29.7 Å². The van der Waals surface area contributed by atoms with Crippen molar-refractivity contribution in [3.05, 3.63) is 65.8 Å². The van der Waals surface area contributed by atoms with Gasteiger partial charge < -0.3 is 20.5 Å². The van der Waals surface area contributed by atoms with Crippen molar-refractivity contribution in [2.75, 3.05) is 6.54 Å². The molecule has 4 N–H and O–H groups in total. The third-order valence-electron chi connectivity index (χ3n) is 3.65. The van der Waals surface area contributed by atoms with Gasteiger partial charge in [-0.3, -0.25) is 14.4 Å². The van der Waals surface area contributed by atoms with Crippen LogP contribution in [0.3, 0.4) is 0 Å². The van der Waals surface area contributed by atoms with Gasteiger partial charge in [0.15, 0.2) is 0 Å². The Labute approximate surface area is 167 Å². The second-order valence-electron chi connectivity index (χ2n) is 5.92. The van der Waals surface area contributed by atoms with Crippen LogP contribution in [0.1, 0.15) is 22.2 Å². The van der Waals surface area contributed by atoms with E-state index >= 15 is 0 Å². The highest BCUT2D eigenvalue weighted by molar-refractivity contribution is 5.94. The number of amides is 2. The maximum absolute atomic E-state index is 12.2. The number of benzene rings is 1. The van der Waals surface area contributed by atoms with E-state index in [0.29, 0.717) is 11.3 Å². The molecule has 0 bridgehead atoms. The summed E-state index contributed by atoms with van der Waals surface area (Å²) in [6.45, 7) is -0.308. The molecular weight excluding hydrogens is 409 g/mol. The molecule has 0 spiro atoms. The summed E-state index contributed by atoms with van der Waals surface area (Å²) in [5.74, 6) is -1.08. The van der Waals surface area contributed by atoms with Crippen LogP contribution in [0.25, 0.3) is 0 Å². The fourth-order valence-electron chi connectivity index (χ4n) is 2.37. The first-order valence-electron chi connectivity index (χ1n) is 8.39. The molecule has 0 fully saturated rings. The minimum atomic E-state index is -4.76. The average Bonchev–Trinajstić information content (AvgIpc) is 3.14. The number of ether oxygens (including phenoxy) is 2. The van der Waals surface area contributed by atoms with Crippen molar-refractivity contribution < 1.29 is 37.1 Å². The summed E-state index contributed by atoms with van der Waals surface area (Å²) in [6.07, 6.45) is -2.52. The van der Waals surface area contributed by atoms with Crippen LogP contribution in [0, 0.1) is 0 Å². The number of carbonyl (C=O) groups excluding carboxylic acids is 2. The van der Waals surface area contributed by atoms with Crippen LogP contribution in [0.2, 0.25) is 0 Å². The molecule has 0 unspecified atom stereocenters. The molecule has 0 aliphatic carbocycles. The maximum atomic E-state index is 12.2. The summed E-state index contributed by atoms with van der Waals surface area (Å²) in [5, 5.41) is 2.30. The molecule has 30 heavy (non-hydrogen) atoms. The van der Waals surface area contributed by atoms with Crippen molar-refractivity contribution in [2.45, 2.75) is 12.5 Å². The van der Waals surface area contributed by atoms with E-state index in [-0.39, 0.29) is 23.9 Å². The minimum Gasteiger partial charge on any atom is -0.438 e. The lowest BCUT2D eigenvalue weighted by atomic mass is 10.1. The molecule has 1 aromatic carbocycles. The Morgan fingerprint density at radius 3 is 2.47 bits per heavy atom. The lowest BCUT2D eigenvalue weighted by Gasteiger charge is -2.11. The highest BCUT2D eigenvalue weighted by atomic mass is 19.4. The third-order valence-corrected chi connectivity index (χ3v) is 3.65. The SMILES string of the molecule is NC(=O)CNC(=O)c1ccc(OC2=C[C@@H](c3ccc(OC(F)(F)F)cc3)ON2)cn1. The first kappa shape index (κ1) is 20.9. The van der Waals surface area contributed by atoms with E-state index in [2.05, 4.69) is 20.5 Å². The van der Waals surface area contributed by atoms with E-state index in [1.165, 1.54) is 42.6 Å². The number of nitrogens with two attached hydrogens (primary N) is 1. The predicted octanol–water partition coefficient (Wildman–Crippen LogP) is 1.69. The summed E-state index contributed by atoms with van der Waals surface area (Å²) in [7, 11) is 0. The first-order chi connectivity index (χ1) is 14.2. The van der Waals surface area contributed by atoms with Crippen molar-refractivity contribution >= 4 is 11.8 Å². The molecule has 2 heterocycles. The van der Waals surface area contributed by atoms with E-state index in [9.17, 15) is 22.8 Å². The Morgan fingerprint density at radius 2 is 1.87 bits per heavy atom. The van der Waals surface area contributed by atoms with Gasteiger partial charge in [0.25, 0.3) is 5.91 Å². The van der Waals surface area contributed by atoms with E-state index < -0.39 is 24.3 Å². The summed E-state index contributed by atoms with van der Waals surface area (Å²) in [5.41, 5.74) is 8.12. The van der Waals surface area contributed by atoms with Gasteiger partial charge in [-0.05, 0) is 29.8 Å². The molecule has 1 aliphatic heterocycles. The number of nitrogens with zero attached hydrogens (tertiary/aromatic N) is 1. The number of hydrogen-bond acceptors (Lipinski definition) is 7. The molecule has 9 nitrogen and oxygen atoms in total. The number of alkyl halides is 3. The molecule has 158 valence electrons. The fourth-order valence-corrected chi connectivity index (χ4v) is 2.37. The molecule has 0 saturated carbocycles. The number of hydrogen-bond donors (Lipinski definition) is 3. The second-order valence-corrected chi connectivity index (χ2v) is 5.92. The topological polar surface area (TPSA) is 125 Å². The Kier molecular flexibility index (Phi) is 6.06. The van der Waals surface area contributed by atoms with Gasteiger partial charge in [0.2, 0.25) is 11.8 Å². The standard InChI is InChI=1S/C18H15F3N4O5/c19-18(20,21)29-11-3-1-10(2-4-11)14-7-16(25-30-14)28-12-5-6-13(23-8-12)17(27)24-9-15(22)26/h1-8,14,25H,9H2,(H2,22,26)(H,24,27)/t14-/m0/s1. The van der Waals surface area contributed by atoms with E-state index in [1.807, 2.05) is 0 Å². The highest BCUT2D eigenvalue weighted by Gasteiger charge is 2.31. The Bertz CT molecular complexity index is 946. The predicted molar refractivity (Wildman–Crippen MR) is 94.6 cm³/mol. The zero-order valence-electron chi connectivity index (χ0n) is 15.1. The van der Waals surface area contributed by atoms with Crippen molar-refractivity contribution in [1.29, 1.82) is 0 Å². The highest BCUT2D eigenvalue weighted by Crippen LogP contribution is 2.28. The van der Waals surface area contributed by atoms with Crippen molar-refractivity contribution in [3.63, 3.8) is 0 Å². The van der Waals surface area contributed by atoms with Crippen LogP contribution in [0.5, 0.6) is 11.5 Å². The number of primary amides is 1. The lowest BCUT2D eigenvalue weighted by Crippen LogP contribution is -2.33. The zero-order chi connectivity index (χ0) is 21.7. The van der Waals surface area contributed by atoms with E-state index in [1.54, 1.807) is 6.08 Å². The van der Waals surface area contributed by atoms with Gasteiger partial charge in [-0.1, -0.05) is 12.1 Å². The maximum Gasteiger partial charge on any atom is 0.573 e. The molecule has 0 saturated heterocycles. The van der Waals surface area contributed by atoms with Gasteiger partial charge >= 0.3 is 6.36 Å². The van der Waals surface area contributed by atoms with Crippen molar-refractivity contribution in [1.82, 2.24) is 15.8 Å². The van der Waals surface area contributed by atoms with Crippen LogP contribution in [0.4, 0.5) is 13.2 Å². The van der Waals surface area contributed by atoms with E-state index in [0.717, 1.165) is 0 Å². The molecular formula is C18H15F3N4O5. The molecule has 3 rings (SSSR count). The smallest absolute Gasteiger partial charge is 0.438 e. The summed E-state index contributed by atoms with van der Waals surface area (Å²) in [6, 6.07) is 8.06. The summed E-state index contributed by atoms with van der Waals surface area (Å²) >= 11 is 0. The lowest BCUT2D eigenvalue weighted by molar-refractivity contribution is -0.274. The van der Waals surface area contributed by atoms with Crippen LogP contribution in [0.15, 0.2) is 54.6 Å². The second kappa shape index (κ2) is 8.69. The van der Waals surface area contributed by atoms with Crippen molar-refractivity contribution in [3.8, 4) is 11.5 Å². The largest absolute Gasteiger partial charge is 0.573 e. The number of halogens is 3. The Morgan fingerprint density at radius 1 is 1.17 bits per heavy atom. The van der Waals surface area contributed by atoms with Gasteiger partial charge in [-0.2, -0.15) is 0 Å². The number of hydroxylamine groups is 1. The van der Waals surface area contributed by atoms with Crippen LogP contribution >= 0.6 is 0 Å². The van der Waals surface area contributed by atoms with Crippen LogP contribution < -0.4 is 26.0 Å². The normalized spacial score (nSPS) is 15.7. The number of aromatic nitrogens is 1. The first-order valence-corrected chi connectivity index (χ1v) is 8.39. The number of carbonyl (C=O) groups is 2. The summed E-state index contributed by atoms with van der Waals surface area (Å²) < 4.78 is 46.0. The van der Waals surface area contributed by atoms with Crippen LogP contribution in [-0.2, 0) is 9.63 Å². The minimum absolute atomic E-state index is 0.0623. The van der Waals surface area contributed by atoms with Gasteiger partial charge in [-0.25, -0.2) is 10.5 Å². The van der Waals surface area contributed by atoms with Crippen molar-refractivity contribution in [2.24, 2.45) is 5.73 Å². The molecule has 2 amide bonds. The number of nitrogens with one attached hydrogen (secondary N) is 2. The fraction of sp³-hybridized carbons (Fsp3) is 0.167. The molecule has 12 heteroatoms. The molecule has 1 aliphatic rings. The summed E-state index contributed by atoms with van der Waals surface area (Å²) in [4.78, 5) is 31.7. The van der Waals surface area contributed by atoms with E-state index in [4.69, 9.17) is 15.3 Å². The zero-order valence-corrected chi connectivity index (χ0v) is 15.1. The monoisotopic (exact) mass is 424 g/mol. The quantitative estimate of drug-likeness (QED) is 0.618. The number of pyridine rings is 1. The van der Waals surface area contributed by atoms with Gasteiger partial charge in [0.05, 0.1) is 12.7 Å². The molecule has 2 aromatic rings. The Hall–Kier alpha value is -3.80. The average molecular weight is 424 g/mol. The van der Waals surface area contributed by atoms with Gasteiger partial charge in [0.1, 0.15) is 23.3 Å². The number of rotatable bonds is 7. The molecule has 0 radical (unpaired) electrons. The Balaban J connectivity index is 1.58. The van der Waals surface area contributed by atoms with Gasteiger partial charge in [0, 0.05) is 6.08 Å². The molecule has 1 atom stereocenters. The third kappa shape index (κ3) is 5.85. The molecule has 1 aromatic heterocycles.